The van der Waals surface area contributed by atoms with E-state index in [1.165, 1.54) is 30.2 Å². The first-order valence-corrected chi connectivity index (χ1v) is 9.38. The maximum Gasteiger partial charge on any atom is 0.354 e. The van der Waals surface area contributed by atoms with Crippen molar-refractivity contribution in [3.05, 3.63) is 41.6 Å². The molecule has 25 heavy (non-hydrogen) atoms. The predicted molar refractivity (Wildman–Crippen MR) is 98.2 cm³/mol. The van der Waals surface area contributed by atoms with E-state index in [4.69, 9.17) is 4.74 Å². The molecule has 0 aliphatic carbocycles. The fourth-order valence-electron chi connectivity index (χ4n) is 5.53. The number of methoxy groups -OCH3 is 1. The Morgan fingerprint density at radius 3 is 2.96 bits per heavy atom. The summed E-state index contributed by atoms with van der Waals surface area (Å²) in [7, 11) is 1.49. The molecule has 0 amide bonds. The quantitative estimate of drug-likeness (QED) is 0.783. The van der Waals surface area contributed by atoms with Gasteiger partial charge in [0.1, 0.15) is 5.70 Å². The van der Waals surface area contributed by atoms with E-state index in [-0.39, 0.29) is 11.4 Å². The summed E-state index contributed by atoms with van der Waals surface area (Å²) in [5.41, 5.74) is 4.67. The van der Waals surface area contributed by atoms with Crippen LogP contribution >= 0.6 is 0 Å². The smallest absolute Gasteiger partial charge is 0.354 e. The van der Waals surface area contributed by atoms with E-state index in [2.05, 4.69) is 46.7 Å². The van der Waals surface area contributed by atoms with Gasteiger partial charge in [0.15, 0.2) is 0 Å². The summed E-state index contributed by atoms with van der Waals surface area (Å²) >= 11 is 0. The zero-order valence-corrected chi connectivity index (χ0v) is 14.9. The molecule has 0 unspecified atom stereocenters. The number of carbonyl (C=O) groups is 1. The van der Waals surface area contributed by atoms with E-state index in [1.807, 2.05) is 0 Å². The fraction of sp³-hybridized carbons (Fsp3) is 0.476. The summed E-state index contributed by atoms with van der Waals surface area (Å²) in [5, 5.41) is 1.30. The highest BCUT2D eigenvalue weighted by Gasteiger charge is 2.51. The van der Waals surface area contributed by atoms with E-state index in [0.717, 1.165) is 37.9 Å². The number of fused-ring (bicyclic) bond motifs is 3. The zero-order valence-electron chi connectivity index (χ0n) is 14.9. The first kappa shape index (κ1) is 15.2. The van der Waals surface area contributed by atoms with Gasteiger partial charge >= 0.3 is 5.97 Å². The molecular weight excluding hydrogens is 312 g/mol. The van der Waals surface area contributed by atoms with Gasteiger partial charge < -0.3 is 9.30 Å². The van der Waals surface area contributed by atoms with Crippen molar-refractivity contribution in [3.8, 4) is 0 Å². The van der Waals surface area contributed by atoms with Gasteiger partial charge in [-0.2, -0.15) is 0 Å². The fourth-order valence-corrected chi connectivity index (χ4v) is 5.53. The summed E-state index contributed by atoms with van der Waals surface area (Å²) in [5.74, 6) is -0.225. The van der Waals surface area contributed by atoms with Gasteiger partial charge in [-0.05, 0) is 49.9 Å². The number of benzene rings is 1. The number of esters is 1. The molecule has 4 heteroatoms. The molecule has 4 heterocycles. The molecule has 130 valence electrons. The van der Waals surface area contributed by atoms with Crippen LogP contribution in [0.3, 0.4) is 0 Å². The van der Waals surface area contributed by atoms with Gasteiger partial charge in [0.05, 0.1) is 18.7 Å². The molecule has 3 aliphatic rings. The van der Waals surface area contributed by atoms with Gasteiger partial charge in [-0.3, -0.25) is 4.90 Å². The topological polar surface area (TPSA) is 34.5 Å². The monoisotopic (exact) mass is 336 g/mol. The summed E-state index contributed by atoms with van der Waals surface area (Å²) in [4.78, 5) is 15.3. The Balaban J connectivity index is 1.89. The van der Waals surface area contributed by atoms with Crippen LogP contribution < -0.4 is 0 Å². The number of rotatable bonds is 2. The van der Waals surface area contributed by atoms with Crippen LogP contribution in [0.2, 0.25) is 0 Å². The number of ether oxygens (including phenoxy) is 1. The van der Waals surface area contributed by atoms with Gasteiger partial charge in [-0.1, -0.05) is 25.1 Å². The van der Waals surface area contributed by atoms with Gasteiger partial charge in [0.25, 0.3) is 0 Å². The van der Waals surface area contributed by atoms with Crippen molar-refractivity contribution in [2.24, 2.45) is 5.41 Å². The lowest BCUT2D eigenvalue weighted by molar-refractivity contribution is -0.134. The number of nitrogens with zero attached hydrogens (tertiary/aromatic N) is 2. The normalized spacial score (nSPS) is 27.8. The molecule has 0 N–H and O–H groups in total. The second-order valence-electron chi connectivity index (χ2n) is 7.62. The Labute approximate surface area is 148 Å². The minimum Gasteiger partial charge on any atom is -0.464 e. The Hall–Kier alpha value is -2.07. The molecule has 0 radical (unpaired) electrons. The molecule has 4 nitrogen and oxygen atoms in total. The number of piperidine rings is 1. The van der Waals surface area contributed by atoms with Crippen LogP contribution in [0.15, 0.2) is 30.3 Å². The van der Waals surface area contributed by atoms with Crippen LogP contribution in [-0.4, -0.2) is 35.6 Å². The van der Waals surface area contributed by atoms with E-state index >= 15 is 0 Å². The standard InChI is InChI=1S/C21H24N2O2/c1-3-21-10-6-11-22-12-9-15-14-7-4-5-8-16(14)23(18(15)19(21)22)17(13-21)20(24)25-2/h4-5,7-8,13,19H,3,6,9-12H2,1-2H3/t19-,21+/m1/s1. The molecule has 1 aromatic carbocycles. The van der Waals surface area contributed by atoms with E-state index in [0.29, 0.717) is 11.7 Å². The third kappa shape index (κ3) is 1.83. The molecule has 1 aromatic heterocycles. The van der Waals surface area contributed by atoms with Crippen molar-refractivity contribution in [2.75, 3.05) is 20.2 Å². The summed E-state index contributed by atoms with van der Waals surface area (Å²) in [6, 6.07) is 8.89. The molecule has 3 aliphatic heterocycles. The minimum atomic E-state index is -0.225. The predicted octanol–water partition coefficient (Wildman–Crippen LogP) is 3.76. The van der Waals surface area contributed by atoms with E-state index in [1.54, 1.807) is 0 Å². The Morgan fingerprint density at radius 2 is 2.16 bits per heavy atom. The molecule has 5 rings (SSSR count). The van der Waals surface area contributed by atoms with Crippen LogP contribution in [0, 0.1) is 5.41 Å². The van der Waals surface area contributed by atoms with Gasteiger partial charge in [0, 0.05) is 23.0 Å². The number of carbonyl (C=O) groups excluding carboxylic acids is 1. The average molecular weight is 336 g/mol. The van der Waals surface area contributed by atoms with Gasteiger partial charge in [-0.25, -0.2) is 4.79 Å². The number of aromatic nitrogens is 1. The van der Waals surface area contributed by atoms with Crippen molar-refractivity contribution in [2.45, 2.75) is 38.6 Å². The highest BCUT2D eigenvalue weighted by Crippen LogP contribution is 2.56. The molecular formula is C21H24N2O2. The Bertz CT molecular complexity index is 910. The second kappa shape index (κ2) is 5.21. The maximum absolute atomic E-state index is 12.7. The molecule has 0 saturated carbocycles. The van der Waals surface area contributed by atoms with Crippen LogP contribution in [0.5, 0.6) is 0 Å². The molecule has 2 aromatic rings. The van der Waals surface area contributed by atoms with Crippen molar-refractivity contribution in [1.82, 2.24) is 9.47 Å². The molecule has 0 bridgehead atoms. The molecule has 0 spiro atoms. The summed E-state index contributed by atoms with van der Waals surface area (Å²) in [6.45, 7) is 4.55. The molecule has 1 saturated heterocycles. The SMILES string of the molecule is CC[C@@]12C=C(C(=O)OC)n3c4c(c5ccccc53)CCN(CCC1)[C@H]42. The minimum absolute atomic E-state index is 0.0430. The van der Waals surface area contributed by atoms with Crippen molar-refractivity contribution in [1.29, 1.82) is 0 Å². The van der Waals surface area contributed by atoms with Crippen LogP contribution in [0.4, 0.5) is 0 Å². The highest BCUT2D eigenvalue weighted by molar-refractivity contribution is 6.13. The Morgan fingerprint density at radius 1 is 1.32 bits per heavy atom. The van der Waals surface area contributed by atoms with Crippen molar-refractivity contribution in [3.63, 3.8) is 0 Å². The average Bonchev–Trinajstić information content (AvgIpc) is 3.01. The largest absolute Gasteiger partial charge is 0.464 e. The number of hydrogen-bond donors (Lipinski definition) is 0. The molecule has 1 fully saturated rings. The lowest BCUT2D eigenvalue weighted by Gasteiger charge is -2.53. The second-order valence-corrected chi connectivity index (χ2v) is 7.62. The maximum atomic E-state index is 12.7. The first-order chi connectivity index (χ1) is 12.2. The van der Waals surface area contributed by atoms with Crippen molar-refractivity contribution < 1.29 is 9.53 Å². The van der Waals surface area contributed by atoms with Crippen molar-refractivity contribution >= 4 is 22.6 Å². The van der Waals surface area contributed by atoms with Crippen LogP contribution in [-0.2, 0) is 16.0 Å². The number of para-hydroxylation sites is 1. The van der Waals surface area contributed by atoms with E-state index < -0.39 is 0 Å². The summed E-state index contributed by atoms with van der Waals surface area (Å²) in [6.07, 6.45) is 6.70. The third-order valence-corrected chi connectivity index (χ3v) is 6.64. The Kier molecular flexibility index (Phi) is 3.17. The highest BCUT2D eigenvalue weighted by atomic mass is 16.5. The molecule has 2 atom stereocenters. The number of hydrogen-bond acceptors (Lipinski definition) is 3. The zero-order chi connectivity index (χ0) is 17.2. The first-order valence-electron chi connectivity index (χ1n) is 9.38. The van der Waals surface area contributed by atoms with E-state index in [9.17, 15) is 4.79 Å². The third-order valence-electron chi connectivity index (χ3n) is 6.64. The van der Waals surface area contributed by atoms with Crippen LogP contribution in [0.25, 0.3) is 16.6 Å². The lowest BCUT2D eigenvalue weighted by Crippen LogP contribution is -2.51. The van der Waals surface area contributed by atoms with Gasteiger partial charge in [0.2, 0.25) is 0 Å². The van der Waals surface area contributed by atoms with Crippen LogP contribution in [0.1, 0.15) is 43.5 Å². The lowest BCUT2D eigenvalue weighted by atomic mass is 9.66. The summed E-state index contributed by atoms with van der Waals surface area (Å²) < 4.78 is 7.38. The van der Waals surface area contributed by atoms with Gasteiger partial charge in [-0.15, -0.1) is 0 Å².